The molecule has 0 unspecified atom stereocenters. The quantitative estimate of drug-likeness (QED) is 0.735. The minimum atomic E-state index is -0.0854. The molecule has 0 spiro atoms. The van der Waals surface area contributed by atoms with Crippen molar-refractivity contribution in [3.63, 3.8) is 0 Å². The van der Waals surface area contributed by atoms with Gasteiger partial charge in [0.25, 0.3) is 0 Å². The Kier molecular flexibility index (Phi) is 5.80. The van der Waals surface area contributed by atoms with Crippen molar-refractivity contribution in [3.05, 3.63) is 64.2 Å². The van der Waals surface area contributed by atoms with Crippen molar-refractivity contribution >= 4 is 0 Å². The zero-order chi connectivity index (χ0) is 19.5. The van der Waals surface area contributed by atoms with Gasteiger partial charge in [0.15, 0.2) is 0 Å². The highest BCUT2D eigenvalue weighted by atomic mass is 16.5. The molecule has 0 fully saturated rings. The third-order valence-electron chi connectivity index (χ3n) is 4.72. The van der Waals surface area contributed by atoms with E-state index in [9.17, 15) is 0 Å². The lowest BCUT2D eigenvalue weighted by molar-refractivity contribution is 0.189. The molecule has 0 aliphatic heterocycles. The highest BCUT2D eigenvalue weighted by molar-refractivity contribution is 5.53. The molecule has 0 saturated heterocycles. The Morgan fingerprint density at radius 1 is 1.08 bits per heavy atom. The lowest BCUT2D eigenvalue weighted by Crippen LogP contribution is -2.21. The number of ether oxygens (including phenoxy) is 1. The SMILES string of the molecule is [2H]c1c(C)c(C)c(O[C@H](CCNC)c2ccccc2)c(C(C)(C)C)c1C. The smallest absolute Gasteiger partial charge is 0.127 e. The number of rotatable bonds is 6. The van der Waals surface area contributed by atoms with Gasteiger partial charge in [-0.2, -0.15) is 0 Å². The molecule has 2 rings (SSSR count). The standard InChI is InChI=1S/C23H33NO/c1-16-15-17(2)21(23(4,5)6)22(18(16)3)25-20(13-14-24-7)19-11-9-8-10-12-19/h8-12,15,20,24H,13-14H2,1-7H3/t20-/m1/s1/i15D. The number of hydrogen-bond acceptors (Lipinski definition) is 2. The Balaban J connectivity index is 2.58. The van der Waals surface area contributed by atoms with Gasteiger partial charge in [-0.15, -0.1) is 0 Å². The maximum atomic E-state index is 8.49. The molecule has 0 saturated carbocycles. The first-order valence-electron chi connectivity index (χ1n) is 9.65. The molecule has 0 aliphatic rings. The predicted molar refractivity (Wildman–Crippen MR) is 108 cm³/mol. The van der Waals surface area contributed by atoms with E-state index < -0.39 is 0 Å². The molecule has 2 nitrogen and oxygen atoms in total. The van der Waals surface area contributed by atoms with E-state index in [1.807, 2.05) is 27.0 Å². The normalized spacial score (nSPS) is 13.5. The van der Waals surface area contributed by atoms with Gasteiger partial charge >= 0.3 is 0 Å². The first-order chi connectivity index (χ1) is 12.2. The summed E-state index contributed by atoms with van der Waals surface area (Å²) in [5.41, 5.74) is 5.36. The molecule has 2 aromatic rings. The van der Waals surface area contributed by atoms with Crippen molar-refractivity contribution in [1.82, 2.24) is 5.32 Å². The fourth-order valence-corrected chi connectivity index (χ4v) is 3.40. The first kappa shape index (κ1) is 18.0. The Morgan fingerprint density at radius 2 is 1.72 bits per heavy atom. The van der Waals surface area contributed by atoms with E-state index in [0.717, 1.165) is 41.0 Å². The zero-order valence-corrected chi connectivity index (χ0v) is 16.8. The zero-order valence-electron chi connectivity index (χ0n) is 17.8. The summed E-state index contributed by atoms with van der Waals surface area (Å²) in [5.74, 6) is 0.952. The molecule has 1 atom stereocenters. The average Bonchev–Trinajstić information content (AvgIpc) is 2.60. The summed E-state index contributed by atoms with van der Waals surface area (Å²) in [7, 11) is 1.97. The van der Waals surface area contributed by atoms with E-state index >= 15 is 0 Å². The second-order valence-electron chi connectivity index (χ2n) is 7.86. The molecular formula is C23H33NO. The monoisotopic (exact) mass is 340 g/mol. The third kappa shape index (κ3) is 4.64. The molecule has 1 N–H and O–H groups in total. The molecule has 0 bridgehead atoms. The molecule has 2 aromatic carbocycles. The van der Waals surface area contributed by atoms with Crippen molar-refractivity contribution in [2.24, 2.45) is 0 Å². The van der Waals surface area contributed by atoms with Crippen LogP contribution in [0.3, 0.4) is 0 Å². The molecule has 0 aliphatic carbocycles. The van der Waals surface area contributed by atoms with Crippen LogP contribution in [0.1, 0.15) is 62.5 Å². The van der Waals surface area contributed by atoms with Crippen LogP contribution in [0.5, 0.6) is 5.75 Å². The van der Waals surface area contributed by atoms with Gasteiger partial charge in [0, 0.05) is 12.0 Å². The van der Waals surface area contributed by atoms with Crippen molar-refractivity contribution in [2.75, 3.05) is 13.6 Å². The van der Waals surface area contributed by atoms with E-state index in [0.29, 0.717) is 6.04 Å². The van der Waals surface area contributed by atoms with Crippen LogP contribution in [-0.2, 0) is 5.41 Å². The summed E-state index contributed by atoms with van der Waals surface area (Å²) >= 11 is 0. The average molecular weight is 341 g/mol. The van der Waals surface area contributed by atoms with Crippen LogP contribution in [0.15, 0.2) is 36.4 Å². The van der Waals surface area contributed by atoms with Gasteiger partial charge in [-0.1, -0.05) is 57.1 Å². The van der Waals surface area contributed by atoms with E-state index in [-0.39, 0.29) is 11.5 Å². The topological polar surface area (TPSA) is 21.3 Å². The summed E-state index contributed by atoms with van der Waals surface area (Å²) < 4.78 is 15.2. The molecule has 2 heteroatoms. The largest absolute Gasteiger partial charge is 0.485 e. The van der Waals surface area contributed by atoms with Crippen LogP contribution in [0, 0.1) is 20.8 Å². The molecule has 0 radical (unpaired) electrons. The summed E-state index contributed by atoms with van der Waals surface area (Å²) in [4.78, 5) is 0. The summed E-state index contributed by atoms with van der Waals surface area (Å²) in [6, 6.07) is 11.0. The maximum absolute atomic E-state index is 8.49. The Bertz CT molecular complexity index is 747. The third-order valence-corrected chi connectivity index (χ3v) is 4.72. The lowest BCUT2D eigenvalue weighted by atomic mass is 9.81. The van der Waals surface area contributed by atoms with Gasteiger partial charge in [-0.25, -0.2) is 0 Å². The van der Waals surface area contributed by atoms with Gasteiger partial charge in [0.1, 0.15) is 11.9 Å². The highest BCUT2D eigenvalue weighted by Gasteiger charge is 2.26. The maximum Gasteiger partial charge on any atom is 0.127 e. The van der Waals surface area contributed by atoms with E-state index in [2.05, 4.69) is 57.3 Å². The summed E-state index contributed by atoms with van der Waals surface area (Å²) in [6.45, 7) is 13.6. The van der Waals surface area contributed by atoms with Crippen molar-refractivity contribution in [3.8, 4) is 5.75 Å². The number of hydrogen-bond donors (Lipinski definition) is 1. The van der Waals surface area contributed by atoms with Crippen LogP contribution >= 0.6 is 0 Å². The van der Waals surface area contributed by atoms with Crippen LogP contribution in [0.25, 0.3) is 0 Å². The molecule has 25 heavy (non-hydrogen) atoms. The van der Waals surface area contributed by atoms with Crippen molar-refractivity contribution < 1.29 is 6.11 Å². The Hall–Kier alpha value is -1.80. The van der Waals surface area contributed by atoms with Gasteiger partial charge in [0.05, 0.1) is 1.37 Å². The van der Waals surface area contributed by atoms with E-state index in [1.165, 1.54) is 5.56 Å². The van der Waals surface area contributed by atoms with Gasteiger partial charge in [-0.05, 0) is 62.0 Å². The minimum Gasteiger partial charge on any atom is -0.485 e. The van der Waals surface area contributed by atoms with Crippen LogP contribution in [0.2, 0.25) is 0 Å². The minimum absolute atomic E-state index is 0.0150. The molecule has 0 aromatic heterocycles. The van der Waals surface area contributed by atoms with Crippen molar-refractivity contribution in [2.45, 2.75) is 59.5 Å². The Morgan fingerprint density at radius 3 is 2.28 bits per heavy atom. The number of benzene rings is 2. The van der Waals surface area contributed by atoms with Gasteiger partial charge < -0.3 is 10.1 Å². The Labute approximate surface area is 155 Å². The molecular weight excluding hydrogens is 306 g/mol. The van der Waals surface area contributed by atoms with Crippen LogP contribution in [-0.4, -0.2) is 13.6 Å². The van der Waals surface area contributed by atoms with E-state index in [1.54, 1.807) is 0 Å². The second-order valence-corrected chi connectivity index (χ2v) is 7.86. The van der Waals surface area contributed by atoms with Crippen LogP contribution < -0.4 is 10.1 Å². The first-order valence-corrected chi connectivity index (χ1v) is 9.15. The van der Waals surface area contributed by atoms with Crippen LogP contribution in [0.4, 0.5) is 0 Å². The predicted octanol–water partition coefficient (Wildman–Crippen LogP) is 5.64. The molecule has 0 heterocycles. The van der Waals surface area contributed by atoms with Gasteiger partial charge in [-0.3, -0.25) is 0 Å². The fraction of sp³-hybridized carbons (Fsp3) is 0.478. The van der Waals surface area contributed by atoms with Crippen molar-refractivity contribution in [1.29, 1.82) is 0 Å². The number of nitrogens with one attached hydrogen (secondary N) is 1. The fourth-order valence-electron chi connectivity index (χ4n) is 3.40. The molecule has 136 valence electrons. The summed E-state index contributed by atoms with van der Waals surface area (Å²) in [6.07, 6.45) is 0.878. The van der Waals surface area contributed by atoms with Gasteiger partial charge in [0.2, 0.25) is 0 Å². The van der Waals surface area contributed by atoms with E-state index in [4.69, 9.17) is 6.11 Å². The highest BCUT2D eigenvalue weighted by Crippen LogP contribution is 2.40. The second kappa shape index (κ2) is 8.05. The summed E-state index contributed by atoms with van der Waals surface area (Å²) in [5, 5.41) is 3.24. The lowest BCUT2D eigenvalue weighted by Gasteiger charge is -2.30. The molecule has 0 amide bonds.